The van der Waals surface area contributed by atoms with Crippen LogP contribution in [0.1, 0.15) is 64.8 Å². The van der Waals surface area contributed by atoms with Crippen molar-refractivity contribution in [2.24, 2.45) is 5.41 Å². The average molecular weight is 501 g/mol. The summed E-state index contributed by atoms with van der Waals surface area (Å²) in [6.45, 7) is 7.95. The van der Waals surface area contributed by atoms with Gasteiger partial charge >= 0.3 is 5.97 Å². The highest BCUT2D eigenvalue weighted by Gasteiger charge is 2.41. The maximum Gasteiger partial charge on any atom is 0.312 e. The highest BCUT2D eigenvalue weighted by Crippen LogP contribution is 2.46. The number of rotatable bonds is 10. The number of halogens is 1. The first-order valence-electron chi connectivity index (χ1n) is 11.4. The van der Waals surface area contributed by atoms with Gasteiger partial charge in [0.05, 0.1) is 43.8 Å². The first-order valence-corrected chi connectivity index (χ1v) is 12.3. The molecule has 0 spiro atoms. The van der Waals surface area contributed by atoms with Crippen LogP contribution in [0.4, 0.5) is 4.39 Å². The van der Waals surface area contributed by atoms with Crippen molar-refractivity contribution in [3.8, 4) is 5.75 Å². The molecule has 2 atom stereocenters. The van der Waals surface area contributed by atoms with Crippen LogP contribution in [0.2, 0.25) is 0 Å². The molecule has 3 rings (SSSR count). The van der Waals surface area contributed by atoms with E-state index in [-0.39, 0.29) is 4.88 Å². The van der Waals surface area contributed by atoms with E-state index in [1.165, 1.54) is 31.4 Å². The Morgan fingerprint density at radius 2 is 1.77 bits per heavy atom. The van der Waals surface area contributed by atoms with Crippen LogP contribution in [-0.4, -0.2) is 25.3 Å². The van der Waals surface area contributed by atoms with Crippen LogP contribution in [0, 0.1) is 18.2 Å². The number of esters is 1. The van der Waals surface area contributed by atoms with Gasteiger partial charge in [0.1, 0.15) is 11.6 Å². The van der Waals surface area contributed by atoms with Gasteiger partial charge in [0, 0.05) is 10.8 Å². The van der Waals surface area contributed by atoms with Crippen molar-refractivity contribution in [3.63, 3.8) is 0 Å². The fraction of sp³-hybridized carbons (Fsp3) is 0.393. The molecule has 0 aliphatic rings. The molecule has 5 nitrogen and oxygen atoms in total. The van der Waals surface area contributed by atoms with Crippen LogP contribution < -0.4 is 4.74 Å². The molecule has 0 bridgehead atoms. The Morgan fingerprint density at radius 3 is 2.34 bits per heavy atom. The third-order valence-corrected chi connectivity index (χ3v) is 7.57. The average Bonchev–Trinajstić information content (AvgIpc) is 3.21. The minimum atomic E-state index is -0.974. The highest BCUT2D eigenvalue weighted by atomic mass is 32.1. The molecule has 0 fully saturated rings. The van der Waals surface area contributed by atoms with Gasteiger partial charge in [-0.1, -0.05) is 30.3 Å². The van der Waals surface area contributed by atoms with Crippen LogP contribution in [0.5, 0.6) is 5.75 Å². The van der Waals surface area contributed by atoms with E-state index in [1.54, 1.807) is 21.0 Å². The molecule has 188 valence electrons. The van der Waals surface area contributed by atoms with Crippen molar-refractivity contribution < 1.29 is 28.5 Å². The molecule has 7 heteroatoms. The maximum absolute atomic E-state index is 14.6. The van der Waals surface area contributed by atoms with Gasteiger partial charge in [-0.2, -0.15) is 0 Å². The number of aliphatic hydroxyl groups is 1. The van der Waals surface area contributed by atoms with Gasteiger partial charge in [0.25, 0.3) is 0 Å². The van der Waals surface area contributed by atoms with Crippen LogP contribution >= 0.6 is 11.3 Å². The molecule has 0 radical (unpaired) electrons. The normalized spacial score (nSPS) is 13.4. The van der Waals surface area contributed by atoms with Gasteiger partial charge in [0.15, 0.2) is 0 Å². The molecule has 0 amide bonds. The van der Waals surface area contributed by atoms with Gasteiger partial charge in [-0.25, -0.2) is 4.39 Å². The van der Waals surface area contributed by atoms with Crippen LogP contribution in [0.15, 0.2) is 48.5 Å². The lowest BCUT2D eigenvalue weighted by Crippen LogP contribution is -2.33. The van der Waals surface area contributed by atoms with Gasteiger partial charge in [-0.15, -0.1) is 11.3 Å². The van der Waals surface area contributed by atoms with Crippen LogP contribution in [-0.2, 0) is 27.5 Å². The Morgan fingerprint density at radius 1 is 1.09 bits per heavy atom. The fourth-order valence-electron chi connectivity index (χ4n) is 4.17. The molecule has 0 aliphatic heterocycles. The van der Waals surface area contributed by atoms with Gasteiger partial charge < -0.3 is 19.3 Å². The maximum atomic E-state index is 14.6. The number of aryl methyl sites for hydroxylation is 1. The minimum absolute atomic E-state index is 0.251. The van der Waals surface area contributed by atoms with Crippen molar-refractivity contribution in [2.45, 2.75) is 52.9 Å². The SMILES string of the molecule is COC(=O)C(C)(C)C(c1ccc(C)c(COCc2ccc(OC)cc2)c1)c1cc(F)c(C(C)O)s1. The lowest BCUT2D eigenvalue weighted by Gasteiger charge is -2.32. The molecule has 2 aromatic carbocycles. The Kier molecular flexibility index (Phi) is 8.70. The van der Waals surface area contributed by atoms with E-state index in [0.29, 0.717) is 18.1 Å². The smallest absolute Gasteiger partial charge is 0.312 e. The standard InChI is InChI=1S/C28H33FO5S/c1-17-7-10-20(13-21(17)16-34-15-19-8-11-22(32-5)12-9-19)25(28(3,4)27(31)33-6)24-14-23(29)26(35-24)18(2)30/h7-14,18,25,30H,15-16H2,1-6H3. The third-order valence-electron chi connectivity index (χ3n) is 6.22. The van der Waals surface area contributed by atoms with E-state index < -0.39 is 29.2 Å². The molecule has 3 aromatic rings. The van der Waals surface area contributed by atoms with Crippen LogP contribution in [0.25, 0.3) is 0 Å². The predicted octanol–water partition coefficient (Wildman–Crippen LogP) is 6.31. The van der Waals surface area contributed by atoms with Crippen LogP contribution in [0.3, 0.4) is 0 Å². The van der Waals surface area contributed by atoms with E-state index in [0.717, 1.165) is 28.0 Å². The van der Waals surface area contributed by atoms with E-state index in [4.69, 9.17) is 14.2 Å². The number of carbonyl (C=O) groups excluding carboxylic acids is 1. The van der Waals surface area contributed by atoms with E-state index in [9.17, 15) is 14.3 Å². The number of thiophene rings is 1. The van der Waals surface area contributed by atoms with Crippen molar-refractivity contribution in [3.05, 3.63) is 86.4 Å². The summed E-state index contributed by atoms with van der Waals surface area (Å²) >= 11 is 1.18. The van der Waals surface area contributed by atoms with Crippen molar-refractivity contribution in [1.29, 1.82) is 0 Å². The second-order valence-electron chi connectivity index (χ2n) is 9.21. The molecule has 0 saturated heterocycles. The molecule has 0 aliphatic carbocycles. The van der Waals surface area contributed by atoms with E-state index in [2.05, 4.69) is 0 Å². The number of hydrogen-bond donors (Lipinski definition) is 1. The lowest BCUT2D eigenvalue weighted by atomic mass is 9.73. The second-order valence-corrected chi connectivity index (χ2v) is 10.3. The lowest BCUT2D eigenvalue weighted by molar-refractivity contribution is -0.151. The van der Waals surface area contributed by atoms with Crippen molar-refractivity contribution in [2.75, 3.05) is 14.2 Å². The predicted molar refractivity (Wildman–Crippen MR) is 135 cm³/mol. The first kappa shape index (κ1) is 26.9. The molecular formula is C28H33FO5S. The number of ether oxygens (including phenoxy) is 3. The monoisotopic (exact) mass is 500 g/mol. The summed E-state index contributed by atoms with van der Waals surface area (Å²) in [5.41, 5.74) is 2.95. The number of methoxy groups -OCH3 is 2. The molecule has 1 aromatic heterocycles. The fourth-order valence-corrected chi connectivity index (χ4v) is 5.46. The Labute approximate surface area is 210 Å². The van der Waals surface area contributed by atoms with Crippen molar-refractivity contribution >= 4 is 17.3 Å². The summed E-state index contributed by atoms with van der Waals surface area (Å²) in [6, 6.07) is 15.1. The summed E-state index contributed by atoms with van der Waals surface area (Å²) in [5.74, 6) is -0.545. The topological polar surface area (TPSA) is 65.0 Å². The van der Waals surface area contributed by atoms with Gasteiger partial charge in [-0.3, -0.25) is 4.79 Å². The second kappa shape index (κ2) is 11.3. The zero-order chi connectivity index (χ0) is 25.8. The zero-order valence-electron chi connectivity index (χ0n) is 21.1. The summed E-state index contributed by atoms with van der Waals surface area (Å²) in [4.78, 5) is 13.7. The van der Waals surface area contributed by atoms with E-state index >= 15 is 0 Å². The quantitative estimate of drug-likeness (QED) is 0.331. The highest BCUT2D eigenvalue weighted by molar-refractivity contribution is 7.12. The summed E-state index contributed by atoms with van der Waals surface area (Å²) in [6.07, 6.45) is -0.935. The molecular weight excluding hydrogens is 467 g/mol. The molecule has 1 heterocycles. The number of aliphatic hydroxyl groups excluding tert-OH is 1. The number of carbonyl (C=O) groups is 1. The third kappa shape index (κ3) is 6.10. The van der Waals surface area contributed by atoms with Gasteiger partial charge in [-0.05, 0) is 68.1 Å². The molecule has 0 saturated carbocycles. The van der Waals surface area contributed by atoms with E-state index in [1.807, 2.05) is 49.4 Å². The molecule has 1 N–H and O–H groups in total. The Bertz CT molecular complexity index is 1150. The first-order chi connectivity index (χ1) is 16.6. The molecule has 35 heavy (non-hydrogen) atoms. The largest absolute Gasteiger partial charge is 0.497 e. The Hall–Kier alpha value is -2.74. The number of benzene rings is 2. The Balaban J connectivity index is 1.92. The zero-order valence-corrected chi connectivity index (χ0v) is 21.9. The van der Waals surface area contributed by atoms with Gasteiger partial charge in [0.2, 0.25) is 0 Å². The number of hydrogen-bond acceptors (Lipinski definition) is 6. The van der Waals surface area contributed by atoms with Crippen molar-refractivity contribution in [1.82, 2.24) is 0 Å². The summed E-state index contributed by atoms with van der Waals surface area (Å²) in [7, 11) is 2.98. The molecule has 2 unspecified atom stereocenters. The summed E-state index contributed by atoms with van der Waals surface area (Å²) < 4.78 is 30.9. The summed E-state index contributed by atoms with van der Waals surface area (Å²) in [5, 5.41) is 9.98. The minimum Gasteiger partial charge on any atom is -0.497 e.